The van der Waals surface area contributed by atoms with E-state index in [9.17, 15) is 4.79 Å². The van der Waals surface area contributed by atoms with E-state index in [1.807, 2.05) is 6.07 Å². The van der Waals surface area contributed by atoms with Crippen LogP contribution in [-0.4, -0.2) is 18.9 Å². The number of Topliss-reactive ketones (excluding diaryl/α,β-unsaturated/α-hetero) is 1. The summed E-state index contributed by atoms with van der Waals surface area (Å²) >= 11 is 0. The van der Waals surface area contributed by atoms with Crippen molar-refractivity contribution in [2.45, 2.75) is 20.8 Å². The maximum atomic E-state index is 11.8. The van der Waals surface area contributed by atoms with Crippen molar-refractivity contribution >= 4 is 5.78 Å². The smallest absolute Gasteiger partial charge is 0.209 e. The van der Waals surface area contributed by atoms with Crippen LogP contribution >= 0.6 is 0 Å². The van der Waals surface area contributed by atoms with Crippen molar-refractivity contribution in [3.8, 4) is 6.07 Å². The molecule has 0 unspecified atom stereocenters. The fraction of sp³-hybridized carbons (Fsp3) is 0.600. The number of carbonyl (C=O) groups excluding carboxylic acids is 1. The average Bonchev–Trinajstić information content (AvgIpc) is 2.57. The molecule has 4 nitrogen and oxygen atoms in total. The second-order valence-electron chi connectivity index (χ2n) is 4.17. The van der Waals surface area contributed by atoms with Crippen molar-refractivity contribution in [3.05, 3.63) is 11.5 Å². The molecule has 0 amide bonds. The third-order valence-electron chi connectivity index (χ3n) is 1.88. The van der Waals surface area contributed by atoms with Crippen LogP contribution in [0.2, 0.25) is 0 Å². The first-order valence-corrected chi connectivity index (χ1v) is 4.52. The van der Waals surface area contributed by atoms with Gasteiger partial charge in [-0.2, -0.15) is 5.26 Å². The second-order valence-corrected chi connectivity index (χ2v) is 4.17. The molecule has 0 aromatic carbocycles. The van der Waals surface area contributed by atoms with E-state index in [-0.39, 0.29) is 11.4 Å². The molecule has 0 aliphatic carbocycles. The van der Waals surface area contributed by atoms with Crippen LogP contribution in [0.15, 0.2) is 11.5 Å². The van der Waals surface area contributed by atoms with Gasteiger partial charge >= 0.3 is 0 Å². The molecule has 0 radical (unpaired) electrons. The van der Waals surface area contributed by atoms with E-state index in [0.717, 1.165) is 0 Å². The highest BCUT2D eigenvalue weighted by atomic mass is 16.5. The Bertz CT molecular complexity index is 310. The molecule has 76 valence electrons. The Kier molecular flexibility index (Phi) is 2.80. The molecule has 0 aromatic rings. The van der Waals surface area contributed by atoms with Crippen molar-refractivity contribution in [1.29, 1.82) is 5.26 Å². The van der Waals surface area contributed by atoms with Crippen molar-refractivity contribution in [2.75, 3.05) is 13.2 Å². The molecule has 1 rings (SSSR count). The molecule has 1 N–H and O–H groups in total. The zero-order valence-corrected chi connectivity index (χ0v) is 8.68. The quantitative estimate of drug-likeness (QED) is 0.499. The first kappa shape index (κ1) is 10.6. The minimum Gasteiger partial charge on any atom is -0.476 e. The summed E-state index contributed by atoms with van der Waals surface area (Å²) in [5, 5.41) is 11.7. The molecule has 0 bridgehead atoms. The second kappa shape index (κ2) is 3.70. The molecule has 1 aliphatic heterocycles. The van der Waals surface area contributed by atoms with Crippen LogP contribution in [0.1, 0.15) is 20.8 Å². The highest BCUT2D eigenvalue weighted by Crippen LogP contribution is 2.22. The number of ketones is 1. The number of ether oxygens (including phenoxy) is 1. The number of allylic oxidation sites excluding steroid dienone is 1. The number of nitriles is 1. The van der Waals surface area contributed by atoms with Gasteiger partial charge in [-0.25, -0.2) is 0 Å². The predicted molar refractivity (Wildman–Crippen MR) is 51.1 cm³/mol. The van der Waals surface area contributed by atoms with Crippen LogP contribution in [0.4, 0.5) is 0 Å². The van der Waals surface area contributed by atoms with Crippen LogP contribution in [-0.2, 0) is 9.53 Å². The van der Waals surface area contributed by atoms with E-state index in [0.29, 0.717) is 19.0 Å². The Morgan fingerprint density at radius 3 is 2.57 bits per heavy atom. The van der Waals surface area contributed by atoms with Crippen LogP contribution < -0.4 is 5.32 Å². The van der Waals surface area contributed by atoms with Crippen LogP contribution in [0.3, 0.4) is 0 Å². The molecular formula is C10H14N2O2. The molecular weight excluding hydrogens is 180 g/mol. The molecule has 0 saturated carbocycles. The molecule has 1 saturated heterocycles. The molecule has 0 aromatic heterocycles. The van der Waals surface area contributed by atoms with Crippen molar-refractivity contribution in [1.82, 2.24) is 5.32 Å². The Balaban J connectivity index is 2.99. The normalized spacial score (nSPS) is 19.3. The summed E-state index contributed by atoms with van der Waals surface area (Å²) in [7, 11) is 0. The van der Waals surface area contributed by atoms with Gasteiger partial charge in [-0.15, -0.1) is 0 Å². The van der Waals surface area contributed by atoms with Crippen molar-refractivity contribution in [2.24, 2.45) is 5.41 Å². The molecule has 14 heavy (non-hydrogen) atoms. The van der Waals surface area contributed by atoms with Crippen LogP contribution in [0, 0.1) is 16.7 Å². The lowest BCUT2D eigenvalue weighted by Gasteiger charge is -2.16. The Morgan fingerprint density at radius 1 is 1.57 bits per heavy atom. The zero-order chi connectivity index (χ0) is 10.8. The van der Waals surface area contributed by atoms with Gasteiger partial charge in [-0.1, -0.05) is 20.8 Å². The maximum absolute atomic E-state index is 11.8. The highest BCUT2D eigenvalue weighted by molar-refractivity contribution is 6.02. The third-order valence-corrected chi connectivity index (χ3v) is 1.88. The number of nitrogens with zero attached hydrogens (tertiary/aromatic N) is 1. The predicted octanol–water partition coefficient (Wildman–Crippen LogP) is 0.957. The Labute approximate surface area is 83.5 Å². The maximum Gasteiger partial charge on any atom is 0.209 e. The fourth-order valence-corrected chi connectivity index (χ4v) is 1.11. The largest absolute Gasteiger partial charge is 0.476 e. The van der Waals surface area contributed by atoms with Crippen molar-refractivity contribution in [3.63, 3.8) is 0 Å². The van der Waals surface area contributed by atoms with Gasteiger partial charge in [-0.05, 0) is 0 Å². The van der Waals surface area contributed by atoms with Crippen LogP contribution in [0.25, 0.3) is 0 Å². The van der Waals surface area contributed by atoms with E-state index in [2.05, 4.69) is 5.32 Å². The SMILES string of the molecule is CC(C)(C)C(=O)/C(C#N)=C1/NCCO1. The molecule has 1 fully saturated rings. The summed E-state index contributed by atoms with van der Waals surface area (Å²) in [5.41, 5.74) is -0.457. The number of carbonyl (C=O) groups is 1. The summed E-state index contributed by atoms with van der Waals surface area (Å²) in [4.78, 5) is 11.8. The Morgan fingerprint density at radius 2 is 2.21 bits per heavy atom. The Hall–Kier alpha value is -1.50. The van der Waals surface area contributed by atoms with Crippen LogP contribution in [0.5, 0.6) is 0 Å². The van der Waals surface area contributed by atoms with E-state index in [1.165, 1.54) is 0 Å². The monoisotopic (exact) mass is 194 g/mol. The van der Waals surface area contributed by atoms with Gasteiger partial charge in [0.05, 0.1) is 6.54 Å². The standard InChI is InChI=1S/C10H14N2O2/c1-10(2,3)8(13)7(6-11)9-12-4-5-14-9/h12H,4-5H2,1-3H3/b9-7-. The third kappa shape index (κ3) is 2.05. The zero-order valence-electron chi connectivity index (χ0n) is 8.68. The lowest BCUT2D eigenvalue weighted by atomic mass is 9.87. The summed E-state index contributed by atoms with van der Waals surface area (Å²) < 4.78 is 5.15. The molecule has 4 heteroatoms. The van der Waals surface area contributed by atoms with E-state index >= 15 is 0 Å². The van der Waals surface area contributed by atoms with Crippen molar-refractivity contribution < 1.29 is 9.53 Å². The number of hydrogen-bond acceptors (Lipinski definition) is 4. The first-order chi connectivity index (χ1) is 6.46. The number of rotatable bonds is 1. The summed E-state index contributed by atoms with van der Waals surface area (Å²) in [6.45, 7) is 6.50. The van der Waals surface area contributed by atoms with Gasteiger partial charge in [0.2, 0.25) is 5.88 Å². The van der Waals surface area contributed by atoms with Gasteiger partial charge in [-0.3, -0.25) is 4.79 Å². The lowest BCUT2D eigenvalue weighted by Crippen LogP contribution is -2.24. The summed E-state index contributed by atoms with van der Waals surface area (Å²) in [5.74, 6) is 0.136. The number of hydrogen-bond donors (Lipinski definition) is 1. The minimum absolute atomic E-state index is 0.0926. The lowest BCUT2D eigenvalue weighted by molar-refractivity contribution is -0.122. The minimum atomic E-state index is -0.550. The van der Waals surface area contributed by atoms with Gasteiger partial charge in [0, 0.05) is 5.41 Å². The molecule has 0 atom stereocenters. The fourth-order valence-electron chi connectivity index (χ4n) is 1.11. The molecule has 0 spiro atoms. The summed E-state index contributed by atoms with van der Waals surface area (Å²) in [6.07, 6.45) is 0. The molecule has 1 aliphatic rings. The number of nitrogens with one attached hydrogen (secondary N) is 1. The average molecular weight is 194 g/mol. The van der Waals surface area contributed by atoms with Gasteiger partial charge < -0.3 is 10.1 Å². The van der Waals surface area contributed by atoms with E-state index in [1.54, 1.807) is 20.8 Å². The van der Waals surface area contributed by atoms with E-state index < -0.39 is 5.41 Å². The van der Waals surface area contributed by atoms with Gasteiger partial charge in [0.25, 0.3) is 0 Å². The molecule has 1 heterocycles. The summed E-state index contributed by atoms with van der Waals surface area (Å²) in [6, 6.07) is 1.89. The first-order valence-electron chi connectivity index (χ1n) is 4.52. The van der Waals surface area contributed by atoms with E-state index in [4.69, 9.17) is 10.00 Å². The van der Waals surface area contributed by atoms with Gasteiger partial charge in [0.1, 0.15) is 12.7 Å². The van der Waals surface area contributed by atoms with Gasteiger partial charge in [0.15, 0.2) is 11.4 Å². The highest BCUT2D eigenvalue weighted by Gasteiger charge is 2.29. The topological polar surface area (TPSA) is 62.1 Å².